The van der Waals surface area contributed by atoms with Gasteiger partial charge in [0.1, 0.15) is 0 Å². The molecule has 140 valence electrons. The van der Waals surface area contributed by atoms with E-state index in [0.29, 0.717) is 10.0 Å². The smallest absolute Gasteiger partial charge is 0.265 e. The van der Waals surface area contributed by atoms with Gasteiger partial charge in [0.2, 0.25) is 5.91 Å². The van der Waals surface area contributed by atoms with Crippen molar-refractivity contribution in [1.82, 2.24) is 4.98 Å². The maximum absolute atomic E-state index is 12.2. The van der Waals surface area contributed by atoms with E-state index in [-0.39, 0.29) is 17.6 Å². The lowest BCUT2D eigenvalue weighted by molar-refractivity contribution is -0.113. The first-order chi connectivity index (χ1) is 13.7. The van der Waals surface area contributed by atoms with Crippen LogP contribution in [0, 0.1) is 0 Å². The molecule has 2 amide bonds. The number of hydrogen-bond donors (Lipinski definition) is 2. The van der Waals surface area contributed by atoms with Gasteiger partial charge in [-0.2, -0.15) is 0 Å². The normalized spacial score (nSPS) is 10.7. The molecule has 0 aliphatic heterocycles. The lowest BCUT2D eigenvalue weighted by atomic mass is 10.3. The van der Waals surface area contributed by atoms with Crippen molar-refractivity contribution in [2.24, 2.45) is 0 Å². The Morgan fingerprint density at radius 3 is 2.54 bits per heavy atom. The molecule has 0 unspecified atom stereocenters. The Balaban J connectivity index is 1.29. The Morgan fingerprint density at radius 2 is 1.79 bits per heavy atom. The Kier molecular flexibility index (Phi) is 5.70. The molecule has 2 aromatic carbocycles. The lowest BCUT2D eigenvalue weighted by Crippen LogP contribution is -2.13. The molecule has 0 aliphatic carbocycles. The molecule has 0 saturated carbocycles. The summed E-state index contributed by atoms with van der Waals surface area (Å²) in [5.74, 6) is 0.0707. The zero-order valence-corrected chi connectivity index (χ0v) is 17.0. The third-order valence-electron chi connectivity index (χ3n) is 3.77. The summed E-state index contributed by atoms with van der Waals surface area (Å²) in [5, 5.41) is 8.18. The lowest BCUT2D eigenvalue weighted by Gasteiger charge is -2.06. The molecule has 4 aromatic rings. The van der Waals surface area contributed by atoms with Gasteiger partial charge in [0.25, 0.3) is 5.91 Å². The SMILES string of the molecule is O=C(CSc1ccc(NC(=O)c2cccs2)cc1)Nc1nc2ccccc2s1. The molecule has 0 bridgehead atoms. The van der Waals surface area contributed by atoms with Crippen molar-refractivity contribution >= 4 is 67.3 Å². The molecule has 2 heterocycles. The number of thiophene rings is 1. The summed E-state index contributed by atoms with van der Waals surface area (Å²) in [6.45, 7) is 0. The molecule has 0 saturated heterocycles. The Bertz CT molecular complexity index is 1070. The number of benzene rings is 2. The van der Waals surface area contributed by atoms with E-state index in [1.165, 1.54) is 34.4 Å². The van der Waals surface area contributed by atoms with Gasteiger partial charge >= 0.3 is 0 Å². The van der Waals surface area contributed by atoms with E-state index < -0.39 is 0 Å². The second-order valence-electron chi connectivity index (χ2n) is 5.78. The maximum Gasteiger partial charge on any atom is 0.265 e. The fourth-order valence-electron chi connectivity index (χ4n) is 2.46. The highest BCUT2D eigenvalue weighted by atomic mass is 32.2. The average molecular weight is 426 g/mol. The number of thiazole rings is 1. The van der Waals surface area contributed by atoms with Crippen molar-refractivity contribution in [3.05, 3.63) is 70.9 Å². The van der Waals surface area contributed by atoms with Gasteiger partial charge in [-0.15, -0.1) is 23.1 Å². The van der Waals surface area contributed by atoms with Gasteiger partial charge in [-0.05, 0) is 47.8 Å². The van der Waals surface area contributed by atoms with E-state index in [4.69, 9.17) is 0 Å². The van der Waals surface area contributed by atoms with Crippen LogP contribution < -0.4 is 10.6 Å². The topological polar surface area (TPSA) is 71.1 Å². The van der Waals surface area contributed by atoms with Crippen molar-refractivity contribution in [3.8, 4) is 0 Å². The third-order valence-corrected chi connectivity index (χ3v) is 6.60. The molecular weight excluding hydrogens is 410 g/mol. The summed E-state index contributed by atoms with van der Waals surface area (Å²) >= 11 is 4.30. The van der Waals surface area contributed by atoms with E-state index >= 15 is 0 Å². The molecule has 2 N–H and O–H groups in total. The summed E-state index contributed by atoms with van der Waals surface area (Å²) in [6, 6.07) is 18.9. The third kappa shape index (κ3) is 4.59. The molecule has 0 aliphatic rings. The van der Waals surface area contributed by atoms with Crippen LogP contribution in [-0.2, 0) is 4.79 Å². The number of carbonyl (C=O) groups is 2. The summed E-state index contributed by atoms with van der Waals surface area (Å²) in [4.78, 5) is 30.3. The number of amides is 2. The number of aromatic nitrogens is 1. The number of hydrogen-bond acceptors (Lipinski definition) is 6. The second-order valence-corrected chi connectivity index (χ2v) is 8.81. The van der Waals surface area contributed by atoms with Gasteiger partial charge in [0, 0.05) is 10.6 Å². The van der Waals surface area contributed by atoms with Crippen molar-refractivity contribution in [1.29, 1.82) is 0 Å². The molecule has 5 nitrogen and oxygen atoms in total. The zero-order valence-electron chi connectivity index (χ0n) is 14.5. The quantitative estimate of drug-likeness (QED) is 0.409. The van der Waals surface area contributed by atoms with Crippen LogP contribution in [-0.4, -0.2) is 22.6 Å². The Labute approximate surface area is 173 Å². The summed E-state index contributed by atoms with van der Waals surface area (Å²) in [6.07, 6.45) is 0. The van der Waals surface area contributed by atoms with Crippen LogP contribution in [0.5, 0.6) is 0 Å². The minimum Gasteiger partial charge on any atom is -0.321 e. The van der Waals surface area contributed by atoms with Crippen molar-refractivity contribution in [3.63, 3.8) is 0 Å². The highest BCUT2D eigenvalue weighted by Crippen LogP contribution is 2.26. The summed E-state index contributed by atoms with van der Waals surface area (Å²) < 4.78 is 1.05. The minimum absolute atomic E-state index is 0.0980. The van der Waals surface area contributed by atoms with E-state index in [1.807, 2.05) is 60.0 Å². The van der Waals surface area contributed by atoms with Gasteiger partial charge in [0.05, 0.1) is 20.8 Å². The van der Waals surface area contributed by atoms with E-state index in [9.17, 15) is 9.59 Å². The highest BCUT2D eigenvalue weighted by Gasteiger charge is 2.09. The first-order valence-corrected chi connectivity index (χ1v) is 11.1. The van der Waals surface area contributed by atoms with Gasteiger partial charge in [-0.3, -0.25) is 9.59 Å². The van der Waals surface area contributed by atoms with Crippen molar-refractivity contribution in [2.75, 3.05) is 16.4 Å². The van der Waals surface area contributed by atoms with E-state index in [0.717, 1.165) is 20.8 Å². The van der Waals surface area contributed by atoms with Gasteiger partial charge in [0.15, 0.2) is 5.13 Å². The Hall–Kier alpha value is -2.68. The number of para-hydroxylation sites is 1. The molecular formula is C20H15N3O2S3. The first-order valence-electron chi connectivity index (χ1n) is 8.40. The number of anilines is 2. The molecule has 0 radical (unpaired) electrons. The van der Waals surface area contributed by atoms with Crippen LogP contribution in [0.2, 0.25) is 0 Å². The number of thioether (sulfide) groups is 1. The van der Waals surface area contributed by atoms with Crippen LogP contribution in [0.3, 0.4) is 0 Å². The molecule has 0 atom stereocenters. The predicted molar refractivity (Wildman–Crippen MR) is 118 cm³/mol. The molecule has 8 heteroatoms. The number of carbonyl (C=O) groups excluding carboxylic acids is 2. The fourth-order valence-corrected chi connectivity index (χ4v) is 4.66. The van der Waals surface area contributed by atoms with Crippen LogP contribution in [0.25, 0.3) is 10.2 Å². The van der Waals surface area contributed by atoms with E-state index in [1.54, 1.807) is 6.07 Å². The van der Waals surface area contributed by atoms with Crippen LogP contribution in [0.15, 0.2) is 70.9 Å². The Morgan fingerprint density at radius 1 is 0.964 bits per heavy atom. The molecule has 28 heavy (non-hydrogen) atoms. The van der Waals surface area contributed by atoms with Gasteiger partial charge in [-0.25, -0.2) is 4.98 Å². The highest BCUT2D eigenvalue weighted by molar-refractivity contribution is 8.00. The fraction of sp³-hybridized carbons (Fsp3) is 0.0500. The molecule has 0 spiro atoms. The minimum atomic E-state index is -0.120. The monoisotopic (exact) mass is 425 g/mol. The van der Waals surface area contributed by atoms with Crippen molar-refractivity contribution in [2.45, 2.75) is 4.90 Å². The number of rotatable bonds is 6. The summed E-state index contributed by atoms with van der Waals surface area (Å²) in [5.41, 5.74) is 1.61. The predicted octanol–water partition coefficient (Wildman–Crippen LogP) is 5.34. The molecule has 0 fully saturated rings. The number of nitrogens with one attached hydrogen (secondary N) is 2. The average Bonchev–Trinajstić information content (AvgIpc) is 3.37. The number of nitrogens with zero attached hydrogens (tertiary/aromatic N) is 1. The largest absolute Gasteiger partial charge is 0.321 e. The van der Waals surface area contributed by atoms with Crippen molar-refractivity contribution < 1.29 is 9.59 Å². The first kappa shape index (κ1) is 18.7. The second kappa shape index (κ2) is 8.55. The zero-order chi connectivity index (χ0) is 19.3. The van der Waals surface area contributed by atoms with Gasteiger partial charge in [-0.1, -0.05) is 29.5 Å². The maximum atomic E-state index is 12.2. The summed E-state index contributed by atoms with van der Waals surface area (Å²) in [7, 11) is 0. The van der Waals surface area contributed by atoms with Crippen LogP contribution in [0.1, 0.15) is 9.67 Å². The number of fused-ring (bicyclic) bond motifs is 1. The standard InChI is InChI=1S/C20H15N3O2S3/c24-18(23-20-22-15-4-1-2-5-16(15)28-20)12-27-14-9-7-13(8-10-14)21-19(25)17-6-3-11-26-17/h1-11H,12H2,(H,21,25)(H,22,23,24). The molecule has 2 aromatic heterocycles. The molecule has 4 rings (SSSR count). The van der Waals surface area contributed by atoms with Crippen LogP contribution in [0.4, 0.5) is 10.8 Å². The van der Waals surface area contributed by atoms with E-state index in [2.05, 4.69) is 15.6 Å². The van der Waals surface area contributed by atoms with Gasteiger partial charge < -0.3 is 10.6 Å². The van der Waals surface area contributed by atoms with Crippen LogP contribution >= 0.6 is 34.4 Å².